The summed E-state index contributed by atoms with van der Waals surface area (Å²) < 4.78 is 1.72. The van der Waals surface area contributed by atoms with Gasteiger partial charge in [0, 0.05) is 26.0 Å². The molecule has 0 radical (unpaired) electrons. The van der Waals surface area contributed by atoms with E-state index < -0.39 is 0 Å². The van der Waals surface area contributed by atoms with E-state index in [1.54, 1.807) is 17.0 Å². The van der Waals surface area contributed by atoms with Crippen molar-refractivity contribution in [1.82, 2.24) is 20.2 Å². The molecule has 0 aliphatic carbocycles. The highest BCUT2D eigenvalue weighted by Crippen LogP contribution is 2.13. The number of imidazole rings is 1. The predicted octanol–water partition coefficient (Wildman–Crippen LogP) is -0.0981. The number of nitrogens with one attached hydrogen (secondary N) is 2. The molecule has 0 spiro atoms. The maximum absolute atomic E-state index is 11.9. The van der Waals surface area contributed by atoms with Crippen LogP contribution >= 0.6 is 0 Å². The fraction of sp³-hybridized carbons (Fsp3) is 0.600. The number of aryl methyl sites for hydroxylation is 1. The SMILES string of the molecule is Cn1ccnc1C(=O)NC1(C)CCNC1. The van der Waals surface area contributed by atoms with Crippen molar-refractivity contribution < 1.29 is 4.79 Å². The molecule has 1 saturated heterocycles. The van der Waals surface area contributed by atoms with Crippen LogP contribution in [0.5, 0.6) is 0 Å². The first-order chi connectivity index (χ1) is 7.11. The first-order valence-corrected chi connectivity index (χ1v) is 5.11. The molecule has 5 heteroatoms. The monoisotopic (exact) mass is 208 g/mol. The minimum atomic E-state index is -0.136. The van der Waals surface area contributed by atoms with Crippen LogP contribution in [0.2, 0.25) is 0 Å². The van der Waals surface area contributed by atoms with Gasteiger partial charge < -0.3 is 15.2 Å². The molecule has 0 bridgehead atoms. The molecule has 5 nitrogen and oxygen atoms in total. The van der Waals surface area contributed by atoms with Gasteiger partial charge in [-0.25, -0.2) is 4.98 Å². The Bertz CT molecular complexity index is 365. The third kappa shape index (κ3) is 2.02. The van der Waals surface area contributed by atoms with Crippen molar-refractivity contribution >= 4 is 5.91 Å². The Labute approximate surface area is 88.9 Å². The van der Waals surface area contributed by atoms with Gasteiger partial charge in [0.05, 0.1) is 5.54 Å². The summed E-state index contributed by atoms with van der Waals surface area (Å²) in [4.78, 5) is 15.9. The number of amides is 1. The molecule has 2 N–H and O–H groups in total. The van der Waals surface area contributed by atoms with Crippen LogP contribution in [0.15, 0.2) is 12.4 Å². The van der Waals surface area contributed by atoms with Gasteiger partial charge in [-0.2, -0.15) is 0 Å². The molecule has 1 atom stereocenters. The summed E-state index contributed by atoms with van der Waals surface area (Å²) in [6.07, 6.45) is 4.36. The summed E-state index contributed by atoms with van der Waals surface area (Å²) in [5, 5.41) is 6.25. The van der Waals surface area contributed by atoms with E-state index in [1.165, 1.54) is 0 Å². The van der Waals surface area contributed by atoms with Crippen molar-refractivity contribution in [3.63, 3.8) is 0 Å². The van der Waals surface area contributed by atoms with E-state index in [9.17, 15) is 4.79 Å². The van der Waals surface area contributed by atoms with Crippen LogP contribution in [0.3, 0.4) is 0 Å². The molecule has 82 valence electrons. The summed E-state index contributed by atoms with van der Waals surface area (Å²) in [7, 11) is 1.82. The van der Waals surface area contributed by atoms with Crippen LogP contribution < -0.4 is 10.6 Å². The zero-order chi connectivity index (χ0) is 10.9. The quantitative estimate of drug-likeness (QED) is 0.713. The van der Waals surface area contributed by atoms with Crippen molar-refractivity contribution in [2.75, 3.05) is 13.1 Å². The largest absolute Gasteiger partial charge is 0.343 e. The highest BCUT2D eigenvalue weighted by Gasteiger charge is 2.31. The van der Waals surface area contributed by atoms with Crippen molar-refractivity contribution in [3.8, 4) is 0 Å². The van der Waals surface area contributed by atoms with Crippen molar-refractivity contribution in [3.05, 3.63) is 18.2 Å². The molecule has 2 heterocycles. The second-order valence-electron chi connectivity index (χ2n) is 4.30. The molecule has 15 heavy (non-hydrogen) atoms. The van der Waals surface area contributed by atoms with Crippen molar-refractivity contribution in [2.45, 2.75) is 18.9 Å². The lowest BCUT2D eigenvalue weighted by Crippen LogP contribution is -2.48. The molecule has 1 amide bonds. The first kappa shape index (κ1) is 10.2. The van der Waals surface area contributed by atoms with E-state index in [2.05, 4.69) is 15.6 Å². The number of nitrogens with zero attached hydrogens (tertiary/aromatic N) is 2. The number of rotatable bonds is 2. The van der Waals surface area contributed by atoms with E-state index in [-0.39, 0.29) is 11.4 Å². The lowest BCUT2D eigenvalue weighted by Gasteiger charge is -2.24. The third-order valence-corrected chi connectivity index (χ3v) is 2.81. The highest BCUT2D eigenvalue weighted by atomic mass is 16.2. The van der Waals surface area contributed by atoms with Gasteiger partial charge in [0.2, 0.25) is 0 Å². The van der Waals surface area contributed by atoms with Gasteiger partial charge in [-0.05, 0) is 19.9 Å². The molecule has 1 fully saturated rings. The van der Waals surface area contributed by atoms with E-state index in [4.69, 9.17) is 0 Å². The average molecular weight is 208 g/mol. The standard InChI is InChI=1S/C10H16N4O/c1-10(3-4-11-7-10)13-9(15)8-12-5-6-14(8)2/h5-6,11H,3-4,7H2,1-2H3,(H,13,15). The Hall–Kier alpha value is -1.36. The van der Waals surface area contributed by atoms with Gasteiger partial charge in [-0.3, -0.25) is 4.79 Å². The van der Waals surface area contributed by atoms with E-state index in [0.29, 0.717) is 5.82 Å². The normalized spacial score (nSPS) is 25.5. The Balaban J connectivity index is 2.07. The minimum absolute atomic E-state index is 0.103. The van der Waals surface area contributed by atoms with Gasteiger partial charge in [0.1, 0.15) is 0 Å². The number of hydrogen-bond donors (Lipinski definition) is 2. The number of aromatic nitrogens is 2. The molecule has 1 aromatic heterocycles. The molecule has 1 aromatic rings. The van der Waals surface area contributed by atoms with Crippen LogP contribution in [-0.4, -0.2) is 34.1 Å². The molecule has 0 aromatic carbocycles. The van der Waals surface area contributed by atoms with Crippen LogP contribution in [0, 0.1) is 0 Å². The van der Waals surface area contributed by atoms with Crippen LogP contribution in [0.1, 0.15) is 24.0 Å². The van der Waals surface area contributed by atoms with Gasteiger partial charge in [-0.1, -0.05) is 0 Å². The molecule has 1 unspecified atom stereocenters. The van der Waals surface area contributed by atoms with Crippen LogP contribution in [-0.2, 0) is 7.05 Å². The van der Waals surface area contributed by atoms with E-state index >= 15 is 0 Å². The third-order valence-electron chi connectivity index (χ3n) is 2.81. The molecule has 1 aliphatic rings. The van der Waals surface area contributed by atoms with E-state index in [1.807, 2.05) is 14.0 Å². The molecule has 1 aliphatic heterocycles. The van der Waals surface area contributed by atoms with E-state index in [0.717, 1.165) is 19.5 Å². The lowest BCUT2D eigenvalue weighted by molar-refractivity contribution is 0.0899. The van der Waals surface area contributed by atoms with Gasteiger partial charge in [-0.15, -0.1) is 0 Å². The smallest absolute Gasteiger partial charge is 0.287 e. The van der Waals surface area contributed by atoms with Gasteiger partial charge in [0.15, 0.2) is 5.82 Å². The van der Waals surface area contributed by atoms with Crippen LogP contribution in [0.25, 0.3) is 0 Å². The zero-order valence-corrected chi connectivity index (χ0v) is 9.08. The highest BCUT2D eigenvalue weighted by molar-refractivity contribution is 5.91. The number of hydrogen-bond acceptors (Lipinski definition) is 3. The average Bonchev–Trinajstić information content (AvgIpc) is 2.74. The fourth-order valence-electron chi connectivity index (χ4n) is 1.84. The summed E-state index contributed by atoms with van der Waals surface area (Å²) >= 11 is 0. The molecular formula is C10H16N4O. The summed E-state index contributed by atoms with van der Waals surface area (Å²) in [5.41, 5.74) is -0.136. The molecule has 2 rings (SSSR count). The lowest BCUT2D eigenvalue weighted by atomic mass is 10.0. The van der Waals surface area contributed by atoms with Crippen molar-refractivity contribution in [1.29, 1.82) is 0 Å². The van der Waals surface area contributed by atoms with Gasteiger partial charge in [0.25, 0.3) is 5.91 Å². The second kappa shape index (κ2) is 3.66. The fourth-order valence-corrected chi connectivity index (χ4v) is 1.84. The Morgan fingerprint density at radius 1 is 1.73 bits per heavy atom. The maximum Gasteiger partial charge on any atom is 0.287 e. The Morgan fingerprint density at radius 3 is 3.07 bits per heavy atom. The summed E-state index contributed by atoms with van der Waals surface area (Å²) in [6.45, 7) is 3.83. The van der Waals surface area contributed by atoms with Crippen molar-refractivity contribution in [2.24, 2.45) is 7.05 Å². The molecule has 0 saturated carbocycles. The minimum Gasteiger partial charge on any atom is -0.343 e. The number of carbonyl (C=O) groups is 1. The Kier molecular flexibility index (Phi) is 2.48. The second-order valence-corrected chi connectivity index (χ2v) is 4.30. The van der Waals surface area contributed by atoms with Gasteiger partial charge >= 0.3 is 0 Å². The van der Waals surface area contributed by atoms with Crippen LogP contribution in [0.4, 0.5) is 0 Å². The number of carbonyl (C=O) groups excluding carboxylic acids is 1. The zero-order valence-electron chi connectivity index (χ0n) is 9.08. The summed E-state index contributed by atoms with van der Waals surface area (Å²) in [5.74, 6) is 0.358. The Morgan fingerprint density at radius 2 is 2.53 bits per heavy atom. The molecular weight excluding hydrogens is 192 g/mol. The summed E-state index contributed by atoms with van der Waals surface area (Å²) in [6, 6.07) is 0. The predicted molar refractivity (Wildman–Crippen MR) is 56.6 cm³/mol. The maximum atomic E-state index is 11.9. The first-order valence-electron chi connectivity index (χ1n) is 5.11. The topological polar surface area (TPSA) is 59.0 Å².